The van der Waals surface area contributed by atoms with Crippen molar-refractivity contribution in [1.82, 2.24) is 4.90 Å². The Labute approximate surface area is 111 Å². The van der Waals surface area contributed by atoms with Gasteiger partial charge in [-0.2, -0.15) is 0 Å². The predicted molar refractivity (Wildman–Crippen MR) is 72.6 cm³/mol. The van der Waals surface area contributed by atoms with Crippen molar-refractivity contribution in [3.05, 3.63) is 0 Å². The molecular weight excluding hydrogens is 228 g/mol. The first kappa shape index (κ1) is 14.3. The third-order valence-corrected chi connectivity index (χ3v) is 4.64. The fraction of sp³-hybridized carbons (Fsp3) is 1.00. The van der Waals surface area contributed by atoms with Crippen LogP contribution in [0.1, 0.15) is 25.7 Å². The second kappa shape index (κ2) is 6.33. The number of nitrogens with zero attached hydrogens (tertiary/aromatic N) is 1. The van der Waals surface area contributed by atoms with Gasteiger partial charge in [-0.15, -0.1) is 0 Å². The highest BCUT2D eigenvalue weighted by Gasteiger charge is 2.49. The number of hydrogen-bond acceptors (Lipinski definition) is 4. The van der Waals surface area contributed by atoms with E-state index < -0.39 is 0 Å². The van der Waals surface area contributed by atoms with Crippen molar-refractivity contribution in [2.24, 2.45) is 17.6 Å². The fourth-order valence-corrected chi connectivity index (χ4v) is 3.53. The largest absolute Gasteiger partial charge is 0.384 e. The zero-order chi connectivity index (χ0) is 13.0. The Hall–Kier alpha value is -0.160. The molecule has 2 rings (SSSR count). The lowest BCUT2D eigenvalue weighted by molar-refractivity contribution is -0.0330. The van der Waals surface area contributed by atoms with Crippen LogP contribution < -0.4 is 5.73 Å². The first-order valence-corrected chi connectivity index (χ1v) is 7.20. The van der Waals surface area contributed by atoms with Crippen molar-refractivity contribution >= 4 is 0 Å². The molecule has 2 fully saturated rings. The Morgan fingerprint density at radius 2 is 2.00 bits per heavy atom. The Morgan fingerprint density at radius 1 is 1.22 bits per heavy atom. The number of rotatable bonds is 7. The molecule has 2 aliphatic rings. The van der Waals surface area contributed by atoms with Crippen molar-refractivity contribution in [2.75, 3.05) is 47.1 Å². The molecule has 0 aromatic heterocycles. The van der Waals surface area contributed by atoms with E-state index in [1.807, 2.05) is 0 Å². The molecule has 2 N–H and O–H groups in total. The minimum atomic E-state index is 0.0845. The highest BCUT2D eigenvalue weighted by molar-refractivity contribution is 5.04. The summed E-state index contributed by atoms with van der Waals surface area (Å²) in [6, 6.07) is 0. The van der Waals surface area contributed by atoms with Crippen molar-refractivity contribution in [1.29, 1.82) is 0 Å². The van der Waals surface area contributed by atoms with E-state index in [2.05, 4.69) is 4.90 Å². The Bertz CT molecular complexity index is 256. The molecule has 18 heavy (non-hydrogen) atoms. The maximum absolute atomic E-state index is 6.13. The van der Waals surface area contributed by atoms with Crippen LogP contribution in [-0.4, -0.2) is 57.5 Å². The van der Waals surface area contributed by atoms with E-state index >= 15 is 0 Å². The van der Waals surface area contributed by atoms with Crippen LogP contribution in [0.4, 0.5) is 0 Å². The van der Waals surface area contributed by atoms with Gasteiger partial charge in [-0.3, -0.25) is 4.90 Å². The Kier molecular flexibility index (Phi) is 5.01. The van der Waals surface area contributed by atoms with Gasteiger partial charge < -0.3 is 15.2 Å². The van der Waals surface area contributed by atoms with Crippen LogP contribution in [0.15, 0.2) is 0 Å². The van der Waals surface area contributed by atoms with Gasteiger partial charge in [0.05, 0.1) is 18.8 Å². The summed E-state index contributed by atoms with van der Waals surface area (Å²) in [5.74, 6) is 1.40. The average molecular weight is 256 g/mol. The first-order chi connectivity index (χ1) is 8.76. The molecule has 106 valence electrons. The standard InChI is InChI=1S/C14H28N2O2/c1-17-9-12-4-3-7-16(8-12)14(10-15,11-18-2)13-5-6-13/h12-13H,3-11,15H2,1-2H3. The van der Waals surface area contributed by atoms with E-state index in [4.69, 9.17) is 15.2 Å². The number of nitrogens with two attached hydrogens (primary N) is 1. The average Bonchev–Trinajstić information content (AvgIpc) is 3.21. The van der Waals surface area contributed by atoms with Gasteiger partial charge in [0, 0.05) is 27.3 Å². The topological polar surface area (TPSA) is 47.7 Å². The van der Waals surface area contributed by atoms with Gasteiger partial charge in [-0.05, 0) is 44.1 Å². The van der Waals surface area contributed by atoms with E-state index in [9.17, 15) is 0 Å². The molecule has 4 nitrogen and oxygen atoms in total. The summed E-state index contributed by atoms with van der Waals surface area (Å²) in [4.78, 5) is 2.60. The molecule has 0 spiro atoms. The molecule has 1 aliphatic heterocycles. The maximum atomic E-state index is 6.13. The summed E-state index contributed by atoms with van der Waals surface area (Å²) < 4.78 is 10.8. The normalized spacial score (nSPS) is 29.2. The SMILES string of the molecule is COCC1CCCN(C(CN)(COC)C2CC2)C1. The van der Waals surface area contributed by atoms with Crippen LogP contribution in [0.2, 0.25) is 0 Å². The predicted octanol–water partition coefficient (Wildman–Crippen LogP) is 1.10. The number of piperidine rings is 1. The molecule has 0 amide bonds. The summed E-state index contributed by atoms with van der Waals surface area (Å²) in [6.07, 6.45) is 5.16. The number of hydrogen-bond donors (Lipinski definition) is 1. The van der Waals surface area contributed by atoms with Gasteiger partial charge in [0.2, 0.25) is 0 Å². The quantitative estimate of drug-likeness (QED) is 0.741. The first-order valence-electron chi connectivity index (χ1n) is 7.20. The van der Waals surface area contributed by atoms with Crippen LogP contribution in [0.3, 0.4) is 0 Å². The molecule has 1 saturated carbocycles. The van der Waals surface area contributed by atoms with Crippen molar-refractivity contribution in [2.45, 2.75) is 31.2 Å². The van der Waals surface area contributed by atoms with E-state index in [-0.39, 0.29) is 5.54 Å². The number of ether oxygens (including phenoxy) is 2. The molecule has 1 heterocycles. The van der Waals surface area contributed by atoms with Gasteiger partial charge in [0.15, 0.2) is 0 Å². The van der Waals surface area contributed by atoms with Gasteiger partial charge in [-0.1, -0.05) is 0 Å². The summed E-state index contributed by atoms with van der Waals surface area (Å²) in [5.41, 5.74) is 6.22. The van der Waals surface area contributed by atoms with E-state index in [0.717, 1.165) is 32.2 Å². The highest BCUT2D eigenvalue weighted by atomic mass is 16.5. The summed E-state index contributed by atoms with van der Waals surface area (Å²) >= 11 is 0. The highest BCUT2D eigenvalue weighted by Crippen LogP contribution is 2.44. The number of likely N-dealkylation sites (tertiary alicyclic amines) is 1. The zero-order valence-corrected chi connectivity index (χ0v) is 11.9. The molecule has 1 aliphatic carbocycles. The van der Waals surface area contributed by atoms with Gasteiger partial charge >= 0.3 is 0 Å². The smallest absolute Gasteiger partial charge is 0.0661 e. The summed E-state index contributed by atoms with van der Waals surface area (Å²) in [5, 5.41) is 0. The van der Waals surface area contributed by atoms with Gasteiger partial charge in [0.25, 0.3) is 0 Å². The van der Waals surface area contributed by atoms with Crippen LogP contribution in [0, 0.1) is 11.8 Å². The molecule has 2 unspecified atom stereocenters. The molecule has 0 bridgehead atoms. The molecule has 1 saturated heterocycles. The molecule has 0 radical (unpaired) electrons. The minimum Gasteiger partial charge on any atom is -0.384 e. The molecule has 2 atom stereocenters. The molecular formula is C14H28N2O2. The lowest BCUT2D eigenvalue weighted by Crippen LogP contribution is -2.61. The van der Waals surface area contributed by atoms with Crippen LogP contribution in [0.5, 0.6) is 0 Å². The monoisotopic (exact) mass is 256 g/mol. The van der Waals surface area contributed by atoms with Crippen LogP contribution in [0.25, 0.3) is 0 Å². The van der Waals surface area contributed by atoms with Crippen LogP contribution >= 0.6 is 0 Å². The van der Waals surface area contributed by atoms with Crippen molar-refractivity contribution < 1.29 is 9.47 Å². The van der Waals surface area contributed by atoms with E-state index in [1.165, 1.54) is 25.7 Å². The molecule has 0 aromatic rings. The van der Waals surface area contributed by atoms with Gasteiger partial charge in [-0.25, -0.2) is 0 Å². The second-order valence-electron chi connectivity index (χ2n) is 5.92. The van der Waals surface area contributed by atoms with Crippen LogP contribution in [-0.2, 0) is 9.47 Å². The fourth-order valence-electron chi connectivity index (χ4n) is 3.53. The van der Waals surface area contributed by atoms with E-state index in [0.29, 0.717) is 12.5 Å². The van der Waals surface area contributed by atoms with Crippen molar-refractivity contribution in [3.8, 4) is 0 Å². The maximum Gasteiger partial charge on any atom is 0.0661 e. The van der Waals surface area contributed by atoms with Crippen molar-refractivity contribution in [3.63, 3.8) is 0 Å². The Morgan fingerprint density at radius 3 is 2.56 bits per heavy atom. The zero-order valence-electron chi connectivity index (χ0n) is 11.9. The third kappa shape index (κ3) is 2.87. The number of methoxy groups -OCH3 is 2. The lowest BCUT2D eigenvalue weighted by atomic mass is 9.87. The van der Waals surface area contributed by atoms with E-state index in [1.54, 1.807) is 14.2 Å². The lowest BCUT2D eigenvalue weighted by Gasteiger charge is -2.47. The van der Waals surface area contributed by atoms with Gasteiger partial charge in [0.1, 0.15) is 0 Å². The summed E-state index contributed by atoms with van der Waals surface area (Å²) in [6.45, 7) is 4.63. The third-order valence-electron chi connectivity index (χ3n) is 4.64. The second-order valence-corrected chi connectivity index (χ2v) is 5.92. The molecule has 4 heteroatoms. The minimum absolute atomic E-state index is 0.0845. The Balaban J connectivity index is 2.04. The summed E-state index contributed by atoms with van der Waals surface area (Å²) in [7, 11) is 3.59. The molecule has 0 aromatic carbocycles.